The van der Waals surface area contributed by atoms with Gasteiger partial charge in [-0.1, -0.05) is 24.3 Å². The van der Waals surface area contributed by atoms with E-state index in [1.807, 2.05) is 12.1 Å². The topological polar surface area (TPSA) is 69.7 Å². The summed E-state index contributed by atoms with van der Waals surface area (Å²) in [6.45, 7) is 2.59. The van der Waals surface area contributed by atoms with Gasteiger partial charge >= 0.3 is 0 Å². The van der Waals surface area contributed by atoms with E-state index in [2.05, 4.69) is 21.8 Å². The number of sulfonamides is 1. The zero-order valence-corrected chi connectivity index (χ0v) is 16.5. The van der Waals surface area contributed by atoms with E-state index in [-0.39, 0.29) is 5.91 Å². The monoisotopic (exact) mass is 387 g/mol. The summed E-state index contributed by atoms with van der Waals surface area (Å²) in [5, 5.41) is 0. The Bertz CT molecular complexity index is 922. The van der Waals surface area contributed by atoms with E-state index < -0.39 is 10.0 Å². The molecule has 2 aromatic carbocycles. The largest absolute Gasteiger partial charge is 0.371 e. The van der Waals surface area contributed by atoms with E-state index in [9.17, 15) is 13.2 Å². The highest BCUT2D eigenvalue weighted by molar-refractivity contribution is 7.92. The van der Waals surface area contributed by atoms with Gasteiger partial charge in [-0.3, -0.25) is 9.52 Å². The highest BCUT2D eigenvalue weighted by atomic mass is 32.2. The first-order valence-corrected chi connectivity index (χ1v) is 10.9. The molecule has 0 atom stereocenters. The van der Waals surface area contributed by atoms with Gasteiger partial charge in [-0.25, -0.2) is 8.42 Å². The van der Waals surface area contributed by atoms with Crippen molar-refractivity contribution in [3.63, 3.8) is 0 Å². The number of nitrogens with zero attached hydrogens (tertiary/aromatic N) is 2. The first kappa shape index (κ1) is 19.2. The molecule has 144 valence electrons. The molecule has 27 heavy (non-hydrogen) atoms. The molecule has 0 unspecified atom stereocenters. The minimum absolute atomic E-state index is 0.150. The first-order valence-electron chi connectivity index (χ1n) is 9.00. The van der Waals surface area contributed by atoms with Crippen molar-refractivity contribution in [1.29, 1.82) is 0 Å². The Morgan fingerprint density at radius 1 is 1.11 bits per heavy atom. The van der Waals surface area contributed by atoms with Gasteiger partial charge in [-0.15, -0.1) is 0 Å². The molecule has 1 heterocycles. The van der Waals surface area contributed by atoms with Crippen molar-refractivity contribution in [3.8, 4) is 0 Å². The third-order valence-electron chi connectivity index (χ3n) is 4.61. The van der Waals surface area contributed by atoms with Crippen LogP contribution in [-0.2, 0) is 16.6 Å². The molecule has 0 bridgehead atoms. The molecule has 1 N–H and O–H groups in total. The Balaban J connectivity index is 1.76. The van der Waals surface area contributed by atoms with Crippen LogP contribution in [-0.4, -0.2) is 45.6 Å². The smallest absolute Gasteiger partial charge is 0.253 e. The van der Waals surface area contributed by atoms with Crippen LogP contribution in [0.4, 0.5) is 11.4 Å². The fourth-order valence-electron chi connectivity index (χ4n) is 3.39. The molecule has 2 aromatic rings. The molecular formula is C20H25N3O3S. The van der Waals surface area contributed by atoms with Crippen LogP contribution in [0.15, 0.2) is 48.5 Å². The van der Waals surface area contributed by atoms with Gasteiger partial charge in [0, 0.05) is 43.6 Å². The molecule has 0 aromatic heterocycles. The maximum absolute atomic E-state index is 12.8. The van der Waals surface area contributed by atoms with Crippen LogP contribution in [0.1, 0.15) is 28.8 Å². The third-order valence-corrected chi connectivity index (χ3v) is 5.21. The molecule has 1 fully saturated rings. The van der Waals surface area contributed by atoms with Crippen molar-refractivity contribution in [2.75, 3.05) is 36.0 Å². The van der Waals surface area contributed by atoms with Gasteiger partial charge in [0.2, 0.25) is 10.0 Å². The minimum atomic E-state index is -3.38. The second-order valence-corrected chi connectivity index (χ2v) is 8.69. The number of anilines is 2. The number of amides is 1. The summed E-state index contributed by atoms with van der Waals surface area (Å²) in [5.74, 6) is -0.150. The van der Waals surface area contributed by atoms with Gasteiger partial charge in [0.05, 0.1) is 6.26 Å². The number of hydrogen-bond donors (Lipinski definition) is 1. The molecular weight excluding hydrogens is 362 g/mol. The molecule has 1 aliphatic heterocycles. The second-order valence-electron chi connectivity index (χ2n) is 6.94. The van der Waals surface area contributed by atoms with Crippen molar-refractivity contribution >= 4 is 27.3 Å². The number of carbonyl (C=O) groups excluding carboxylic acids is 1. The molecule has 0 aliphatic carbocycles. The Labute approximate surface area is 160 Å². The van der Waals surface area contributed by atoms with E-state index in [4.69, 9.17) is 0 Å². The Morgan fingerprint density at radius 3 is 2.52 bits per heavy atom. The standard InChI is InChI=1S/C20H25N3O3S/c1-22(15-17-8-3-4-11-19(17)23-12-5-6-13-23)20(24)16-9-7-10-18(14-16)21-27(2,25)26/h3-4,7-11,14,21H,5-6,12-13,15H2,1-2H3. The number of hydrogen-bond acceptors (Lipinski definition) is 4. The van der Waals surface area contributed by atoms with Crippen molar-refractivity contribution in [3.05, 3.63) is 59.7 Å². The third kappa shape index (κ3) is 5.01. The summed E-state index contributed by atoms with van der Waals surface area (Å²) in [5.41, 5.74) is 3.13. The minimum Gasteiger partial charge on any atom is -0.371 e. The fourth-order valence-corrected chi connectivity index (χ4v) is 3.94. The first-order chi connectivity index (χ1) is 12.8. The quantitative estimate of drug-likeness (QED) is 0.827. The Kier molecular flexibility index (Phi) is 5.70. The van der Waals surface area contributed by atoms with Gasteiger partial charge in [0.15, 0.2) is 0 Å². The Morgan fingerprint density at radius 2 is 1.81 bits per heavy atom. The normalized spacial score (nSPS) is 14.2. The molecule has 0 radical (unpaired) electrons. The number of para-hydroxylation sites is 1. The van der Waals surface area contributed by atoms with E-state index >= 15 is 0 Å². The summed E-state index contributed by atoms with van der Waals surface area (Å²) in [7, 11) is -1.62. The van der Waals surface area contributed by atoms with Crippen LogP contribution < -0.4 is 9.62 Å². The van der Waals surface area contributed by atoms with Crippen LogP contribution >= 0.6 is 0 Å². The van der Waals surface area contributed by atoms with Crippen molar-refractivity contribution in [2.45, 2.75) is 19.4 Å². The van der Waals surface area contributed by atoms with Crippen LogP contribution in [0.3, 0.4) is 0 Å². The lowest BCUT2D eigenvalue weighted by Crippen LogP contribution is -2.28. The summed E-state index contributed by atoms with van der Waals surface area (Å²) >= 11 is 0. The molecule has 7 heteroatoms. The van der Waals surface area contributed by atoms with E-state index in [0.29, 0.717) is 17.8 Å². The predicted molar refractivity (Wildman–Crippen MR) is 109 cm³/mol. The highest BCUT2D eigenvalue weighted by Gasteiger charge is 2.18. The van der Waals surface area contributed by atoms with Crippen molar-refractivity contribution in [1.82, 2.24) is 4.90 Å². The van der Waals surface area contributed by atoms with Gasteiger partial charge in [-0.05, 0) is 42.7 Å². The zero-order valence-electron chi connectivity index (χ0n) is 15.7. The fraction of sp³-hybridized carbons (Fsp3) is 0.350. The molecule has 3 rings (SSSR count). The predicted octanol–water partition coefficient (Wildman–Crippen LogP) is 2.93. The lowest BCUT2D eigenvalue weighted by molar-refractivity contribution is 0.0785. The SMILES string of the molecule is CN(Cc1ccccc1N1CCCC1)C(=O)c1cccc(NS(C)(=O)=O)c1. The lowest BCUT2D eigenvalue weighted by atomic mass is 10.1. The summed E-state index contributed by atoms with van der Waals surface area (Å²) in [4.78, 5) is 16.9. The van der Waals surface area contributed by atoms with Crippen LogP contribution in [0, 0.1) is 0 Å². The molecule has 6 nitrogen and oxygen atoms in total. The van der Waals surface area contributed by atoms with Crippen LogP contribution in [0.5, 0.6) is 0 Å². The lowest BCUT2D eigenvalue weighted by Gasteiger charge is -2.24. The maximum atomic E-state index is 12.8. The molecule has 1 aliphatic rings. The summed E-state index contributed by atoms with van der Waals surface area (Å²) in [6, 6.07) is 14.7. The maximum Gasteiger partial charge on any atom is 0.253 e. The van der Waals surface area contributed by atoms with Crippen LogP contribution in [0.25, 0.3) is 0 Å². The van der Waals surface area contributed by atoms with E-state index in [1.165, 1.54) is 18.5 Å². The molecule has 0 spiro atoms. The number of nitrogens with one attached hydrogen (secondary N) is 1. The average molecular weight is 388 g/mol. The summed E-state index contributed by atoms with van der Waals surface area (Å²) < 4.78 is 25.2. The van der Waals surface area contributed by atoms with Gasteiger partial charge in [0.25, 0.3) is 5.91 Å². The van der Waals surface area contributed by atoms with Crippen molar-refractivity contribution in [2.24, 2.45) is 0 Å². The average Bonchev–Trinajstić information content (AvgIpc) is 3.14. The second kappa shape index (κ2) is 8.00. The van der Waals surface area contributed by atoms with E-state index in [0.717, 1.165) is 24.9 Å². The molecule has 1 saturated heterocycles. The van der Waals surface area contributed by atoms with Gasteiger partial charge in [-0.2, -0.15) is 0 Å². The van der Waals surface area contributed by atoms with Gasteiger partial charge in [0.1, 0.15) is 0 Å². The number of rotatable bonds is 6. The Hall–Kier alpha value is -2.54. The van der Waals surface area contributed by atoms with Crippen LogP contribution in [0.2, 0.25) is 0 Å². The number of benzene rings is 2. The molecule has 0 saturated carbocycles. The van der Waals surface area contributed by atoms with Gasteiger partial charge < -0.3 is 9.80 Å². The molecule has 1 amide bonds. The highest BCUT2D eigenvalue weighted by Crippen LogP contribution is 2.26. The number of carbonyl (C=O) groups is 1. The zero-order chi connectivity index (χ0) is 19.4. The summed E-state index contributed by atoms with van der Waals surface area (Å²) in [6.07, 6.45) is 3.48. The van der Waals surface area contributed by atoms with E-state index in [1.54, 1.807) is 36.2 Å². The van der Waals surface area contributed by atoms with Crippen molar-refractivity contribution < 1.29 is 13.2 Å².